The highest BCUT2D eigenvalue weighted by Gasteiger charge is 2.06. The van der Waals surface area contributed by atoms with Crippen LogP contribution in [0.1, 0.15) is 33.6 Å². The van der Waals surface area contributed by atoms with Gasteiger partial charge in [0, 0.05) is 13.1 Å². The van der Waals surface area contributed by atoms with Crippen LogP contribution < -0.4 is 0 Å². The third-order valence-corrected chi connectivity index (χ3v) is 1.29. The average molecular weight is 172 g/mol. The lowest BCUT2D eigenvalue weighted by Crippen LogP contribution is -2.15. The monoisotopic (exact) mass is 172 g/mol. The van der Waals surface area contributed by atoms with Crippen LogP contribution in [0.3, 0.4) is 0 Å². The molecule has 3 nitrogen and oxygen atoms in total. The Hall–Kier alpha value is -0.860. The number of carbonyl (C=O) groups excluding carboxylic acids is 1. The molecular weight excluding hydrogens is 152 g/mol. The fraction of sp³-hybridized carbons (Fsp3) is 0.778. The second kappa shape index (κ2) is 12.8. The van der Waals surface area contributed by atoms with Crippen molar-refractivity contribution in [1.29, 1.82) is 5.41 Å². The predicted octanol–water partition coefficient (Wildman–Crippen LogP) is 1.92. The van der Waals surface area contributed by atoms with E-state index in [0.29, 0.717) is 0 Å². The zero-order valence-electron chi connectivity index (χ0n) is 8.34. The number of likely N-dealkylation sites (tertiary alicyclic amines) is 1. The number of nitrogens with one attached hydrogen (secondary N) is 1. The van der Waals surface area contributed by atoms with Crippen molar-refractivity contribution in [2.45, 2.75) is 33.6 Å². The quantitative estimate of drug-likeness (QED) is 0.476. The Morgan fingerprint density at radius 3 is 1.75 bits per heavy atom. The minimum atomic E-state index is 0.924. The smallest absolute Gasteiger partial charge is 0.209 e. The molecule has 3 heteroatoms. The number of hydrogen-bond acceptors (Lipinski definition) is 2. The lowest BCUT2D eigenvalue weighted by Gasteiger charge is -2.03. The van der Waals surface area contributed by atoms with Crippen LogP contribution in [0.2, 0.25) is 0 Å². The third kappa shape index (κ3) is 9.14. The summed E-state index contributed by atoms with van der Waals surface area (Å²) in [5.74, 6) is 0. The van der Waals surface area contributed by atoms with Crippen molar-refractivity contribution in [1.82, 2.24) is 4.90 Å². The summed E-state index contributed by atoms with van der Waals surface area (Å²) in [6, 6.07) is 0. The van der Waals surface area contributed by atoms with E-state index < -0.39 is 0 Å². The normalized spacial score (nSPS) is 13.4. The minimum absolute atomic E-state index is 0.924. The third-order valence-electron chi connectivity index (χ3n) is 1.29. The van der Waals surface area contributed by atoms with E-state index in [4.69, 9.17) is 5.41 Å². The first-order valence-corrected chi connectivity index (χ1v) is 4.49. The first kappa shape index (κ1) is 13.7. The Morgan fingerprint density at radius 1 is 1.25 bits per heavy atom. The van der Waals surface area contributed by atoms with Gasteiger partial charge in [0.1, 0.15) is 0 Å². The largest absolute Gasteiger partial charge is 0.345 e. The van der Waals surface area contributed by atoms with Crippen molar-refractivity contribution in [3.63, 3.8) is 0 Å². The van der Waals surface area contributed by atoms with E-state index >= 15 is 0 Å². The van der Waals surface area contributed by atoms with Crippen LogP contribution in [0, 0.1) is 5.41 Å². The molecule has 1 N–H and O–H groups in total. The SMILES string of the molecule is CC.CC=N.O=CN1CCCC1. The molecule has 0 aromatic carbocycles. The summed E-state index contributed by atoms with van der Waals surface area (Å²) in [5, 5.41) is 6.08. The number of carbonyl (C=O) groups is 1. The molecule has 0 saturated carbocycles. The highest BCUT2D eigenvalue weighted by Crippen LogP contribution is 2.02. The molecule has 72 valence electrons. The first-order valence-electron chi connectivity index (χ1n) is 4.49. The summed E-state index contributed by atoms with van der Waals surface area (Å²) in [4.78, 5) is 11.7. The highest BCUT2D eigenvalue weighted by molar-refractivity contribution is 5.48. The van der Waals surface area contributed by atoms with E-state index in [0.717, 1.165) is 19.5 Å². The van der Waals surface area contributed by atoms with Gasteiger partial charge in [0.15, 0.2) is 0 Å². The van der Waals surface area contributed by atoms with Gasteiger partial charge in [-0.15, -0.1) is 0 Å². The number of hydrogen-bond donors (Lipinski definition) is 1. The van der Waals surface area contributed by atoms with Crippen LogP contribution in [0.15, 0.2) is 0 Å². The number of nitrogens with zero attached hydrogens (tertiary/aromatic N) is 1. The molecule has 12 heavy (non-hydrogen) atoms. The van der Waals surface area contributed by atoms with Crippen molar-refractivity contribution in [2.75, 3.05) is 13.1 Å². The summed E-state index contributed by atoms with van der Waals surface area (Å²) < 4.78 is 0. The van der Waals surface area contributed by atoms with Gasteiger partial charge in [0.25, 0.3) is 0 Å². The van der Waals surface area contributed by atoms with Crippen LogP contribution in [0.5, 0.6) is 0 Å². The minimum Gasteiger partial charge on any atom is -0.345 e. The van der Waals surface area contributed by atoms with Gasteiger partial charge in [0.2, 0.25) is 6.41 Å². The fourth-order valence-electron chi connectivity index (χ4n) is 0.847. The van der Waals surface area contributed by atoms with Gasteiger partial charge in [-0.2, -0.15) is 0 Å². The van der Waals surface area contributed by atoms with Gasteiger partial charge in [-0.1, -0.05) is 13.8 Å². The molecular formula is C9H20N2O. The Labute approximate surface area is 75.3 Å². The Morgan fingerprint density at radius 2 is 1.58 bits per heavy atom. The lowest BCUT2D eigenvalue weighted by atomic mass is 10.4. The molecule has 0 spiro atoms. The molecule has 0 aromatic rings. The Bertz CT molecular complexity index is 98.7. The fourth-order valence-corrected chi connectivity index (χ4v) is 0.847. The molecule has 0 bridgehead atoms. The van der Waals surface area contributed by atoms with Crippen molar-refractivity contribution in [2.24, 2.45) is 0 Å². The maximum atomic E-state index is 9.93. The van der Waals surface area contributed by atoms with Gasteiger partial charge in [-0.3, -0.25) is 4.79 Å². The summed E-state index contributed by atoms with van der Waals surface area (Å²) >= 11 is 0. The molecule has 1 fully saturated rings. The lowest BCUT2D eigenvalue weighted by molar-refractivity contribution is -0.117. The van der Waals surface area contributed by atoms with Crippen molar-refractivity contribution in [3.8, 4) is 0 Å². The molecule has 1 heterocycles. The molecule has 0 aromatic heterocycles. The zero-order chi connectivity index (χ0) is 9.82. The molecule has 0 atom stereocenters. The topological polar surface area (TPSA) is 44.2 Å². The van der Waals surface area contributed by atoms with Gasteiger partial charge in [-0.25, -0.2) is 0 Å². The number of rotatable bonds is 1. The summed E-state index contributed by atoms with van der Waals surface area (Å²) in [6.07, 6.45) is 4.56. The summed E-state index contributed by atoms with van der Waals surface area (Å²) in [6.45, 7) is 7.62. The van der Waals surface area contributed by atoms with Gasteiger partial charge in [-0.05, 0) is 26.0 Å². The van der Waals surface area contributed by atoms with E-state index in [9.17, 15) is 4.79 Å². The van der Waals surface area contributed by atoms with Crippen molar-refractivity contribution < 1.29 is 4.79 Å². The van der Waals surface area contributed by atoms with E-state index in [-0.39, 0.29) is 0 Å². The van der Waals surface area contributed by atoms with E-state index in [1.807, 2.05) is 13.8 Å². The molecule has 0 unspecified atom stereocenters. The van der Waals surface area contributed by atoms with Crippen LogP contribution in [0.25, 0.3) is 0 Å². The predicted molar refractivity (Wildman–Crippen MR) is 52.7 cm³/mol. The summed E-state index contributed by atoms with van der Waals surface area (Å²) in [5.41, 5.74) is 0. The zero-order valence-corrected chi connectivity index (χ0v) is 8.34. The second-order valence-electron chi connectivity index (χ2n) is 2.14. The van der Waals surface area contributed by atoms with E-state index in [1.54, 1.807) is 11.8 Å². The van der Waals surface area contributed by atoms with Crippen LogP contribution >= 0.6 is 0 Å². The Balaban J connectivity index is 0. The molecule has 0 aliphatic carbocycles. The van der Waals surface area contributed by atoms with Gasteiger partial charge in [0.05, 0.1) is 0 Å². The highest BCUT2D eigenvalue weighted by atomic mass is 16.1. The van der Waals surface area contributed by atoms with Crippen molar-refractivity contribution in [3.05, 3.63) is 0 Å². The molecule has 1 rings (SSSR count). The van der Waals surface area contributed by atoms with E-state index in [2.05, 4.69) is 0 Å². The number of amides is 1. The molecule has 1 amide bonds. The van der Waals surface area contributed by atoms with Crippen LogP contribution in [-0.2, 0) is 4.79 Å². The first-order chi connectivity index (χ1) is 5.85. The second-order valence-corrected chi connectivity index (χ2v) is 2.14. The molecule has 0 radical (unpaired) electrons. The summed E-state index contributed by atoms with van der Waals surface area (Å²) in [7, 11) is 0. The molecule has 1 aliphatic heterocycles. The average Bonchev–Trinajstić information content (AvgIpc) is 2.61. The van der Waals surface area contributed by atoms with E-state index in [1.165, 1.54) is 19.1 Å². The maximum absolute atomic E-state index is 9.93. The van der Waals surface area contributed by atoms with Crippen LogP contribution in [-0.4, -0.2) is 30.6 Å². The van der Waals surface area contributed by atoms with Gasteiger partial charge >= 0.3 is 0 Å². The van der Waals surface area contributed by atoms with Gasteiger partial charge < -0.3 is 10.3 Å². The molecule has 1 aliphatic rings. The molecule has 1 saturated heterocycles. The maximum Gasteiger partial charge on any atom is 0.209 e. The van der Waals surface area contributed by atoms with Crippen LogP contribution in [0.4, 0.5) is 0 Å². The standard InChI is InChI=1S/C5H9NO.C2H5N.C2H6/c7-5-6-3-1-2-4-6;1-2-3;1-2/h5H,1-4H2;2-3H,1H3;1-2H3. The Kier molecular flexibility index (Phi) is 14.6. The van der Waals surface area contributed by atoms with Crippen molar-refractivity contribution >= 4 is 12.6 Å².